The lowest BCUT2D eigenvalue weighted by Crippen LogP contribution is -2.37. The number of carbonyl (C=O) groups excluding carboxylic acids is 1. The molecule has 2 heteroatoms. The molecule has 15 heavy (non-hydrogen) atoms. The Morgan fingerprint density at radius 1 is 1.33 bits per heavy atom. The van der Waals surface area contributed by atoms with E-state index in [0.29, 0.717) is 6.42 Å². The van der Waals surface area contributed by atoms with Crippen LogP contribution < -0.4 is 0 Å². The van der Waals surface area contributed by atoms with Crippen molar-refractivity contribution in [2.75, 3.05) is 0 Å². The highest BCUT2D eigenvalue weighted by Gasteiger charge is 2.32. The zero-order valence-corrected chi connectivity index (χ0v) is 9.53. The van der Waals surface area contributed by atoms with E-state index in [9.17, 15) is 9.90 Å². The Kier molecular flexibility index (Phi) is 3.64. The van der Waals surface area contributed by atoms with Gasteiger partial charge in [0.1, 0.15) is 5.78 Å². The van der Waals surface area contributed by atoms with E-state index in [4.69, 9.17) is 0 Å². The Balaban J connectivity index is 2.72. The molecule has 0 heterocycles. The Morgan fingerprint density at radius 2 is 1.87 bits per heavy atom. The van der Waals surface area contributed by atoms with Crippen LogP contribution in [0.1, 0.15) is 26.3 Å². The van der Waals surface area contributed by atoms with Crippen molar-refractivity contribution in [3.05, 3.63) is 35.9 Å². The number of benzene rings is 1. The molecule has 0 fully saturated rings. The van der Waals surface area contributed by atoms with E-state index < -0.39 is 11.5 Å². The van der Waals surface area contributed by atoms with Crippen molar-refractivity contribution in [1.29, 1.82) is 0 Å². The molecule has 1 atom stereocenters. The number of hydrogen-bond acceptors (Lipinski definition) is 2. The third kappa shape index (κ3) is 2.90. The summed E-state index contributed by atoms with van der Waals surface area (Å²) in [6, 6.07) is 9.72. The number of hydrogen-bond donors (Lipinski definition) is 1. The Bertz CT molecular complexity index is 328. The van der Waals surface area contributed by atoms with Gasteiger partial charge in [-0.25, -0.2) is 0 Å². The maximum Gasteiger partial charge on any atom is 0.138 e. The summed E-state index contributed by atoms with van der Waals surface area (Å²) in [6.07, 6.45) is -0.106. The molecule has 0 bridgehead atoms. The molecule has 0 aliphatic carbocycles. The van der Waals surface area contributed by atoms with Gasteiger partial charge in [0.05, 0.1) is 6.10 Å². The highest BCUT2D eigenvalue weighted by atomic mass is 16.3. The van der Waals surface area contributed by atoms with Crippen LogP contribution in [0.3, 0.4) is 0 Å². The number of aliphatic hydroxyl groups is 1. The lowest BCUT2D eigenvalue weighted by molar-refractivity contribution is -0.130. The van der Waals surface area contributed by atoms with Crippen LogP contribution >= 0.6 is 0 Å². The van der Waals surface area contributed by atoms with E-state index in [2.05, 4.69) is 0 Å². The van der Waals surface area contributed by atoms with E-state index in [1.165, 1.54) is 6.92 Å². The van der Waals surface area contributed by atoms with Gasteiger partial charge < -0.3 is 5.11 Å². The molecule has 82 valence electrons. The predicted octanol–water partition coefficient (Wildman–Crippen LogP) is 2.21. The Morgan fingerprint density at radius 3 is 2.33 bits per heavy atom. The molecule has 1 rings (SSSR count). The molecule has 0 saturated carbocycles. The fraction of sp³-hybridized carbons (Fsp3) is 0.462. The van der Waals surface area contributed by atoms with Crippen LogP contribution in [0, 0.1) is 5.41 Å². The van der Waals surface area contributed by atoms with Gasteiger partial charge in [-0.15, -0.1) is 0 Å². The predicted molar refractivity (Wildman–Crippen MR) is 60.6 cm³/mol. The van der Waals surface area contributed by atoms with Crippen LogP contribution in [0.4, 0.5) is 0 Å². The maximum absolute atomic E-state index is 11.3. The van der Waals surface area contributed by atoms with Gasteiger partial charge in [0.15, 0.2) is 0 Å². The van der Waals surface area contributed by atoms with Gasteiger partial charge in [-0.2, -0.15) is 0 Å². The largest absolute Gasteiger partial charge is 0.392 e. The van der Waals surface area contributed by atoms with Crippen molar-refractivity contribution in [2.45, 2.75) is 33.3 Å². The smallest absolute Gasteiger partial charge is 0.138 e. The molecule has 0 amide bonds. The minimum absolute atomic E-state index is 0.0194. The van der Waals surface area contributed by atoms with E-state index in [1.807, 2.05) is 30.3 Å². The summed E-state index contributed by atoms with van der Waals surface area (Å²) in [4.78, 5) is 11.3. The van der Waals surface area contributed by atoms with Crippen LogP contribution in [0.15, 0.2) is 30.3 Å². The average molecular weight is 206 g/mol. The number of carbonyl (C=O) groups is 1. The molecule has 0 radical (unpaired) electrons. The topological polar surface area (TPSA) is 37.3 Å². The zero-order valence-electron chi connectivity index (χ0n) is 9.53. The number of Topliss-reactive ketones (excluding diaryl/α,β-unsaturated/α-hetero) is 1. The number of rotatable bonds is 4. The third-order valence-electron chi connectivity index (χ3n) is 3.01. The monoisotopic (exact) mass is 206 g/mol. The summed E-state index contributed by atoms with van der Waals surface area (Å²) < 4.78 is 0. The highest BCUT2D eigenvalue weighted by Crippen LogP contribution is 2.24. The van der Waals surface area contributed by atoms with E-state index >= 15 is 0 Å². The summed E-state index contributed by atoms with van der Waals surface area (Å²) in [7, 11) is 0. The SMILES string of the molecule is CC(=O)C(C)(C)C(O)Cc1ccccc1. The van der Waals surface area contributed by atoms with Crippen LogP contribution in [-0.2, 0) is 11.2 Å². The molecule has 0 spiro atoms. The van der Waals surface area contributed by atoms with E-state index in [0.717, 1.165) is 5.56 Å². The normalized spacial score (nSPS) is 13.6. The summed E-state index contributed by atoms with van der Waals surface area (Å²) >= 11 is 0. The summed E-state index contributed by atoms with van der Waals surface area (Å²) in [5, 5.41) is 9.98. The summed E-state index contributed by atoms with van der Waals surface area (Å²) in [5.41, 5.74) is 0.384. The molecule has 0 aromatic heterocycles. The molecule has 1 N–H and O–H groups in total. The van der Waals surface area contributed by atoms with Crippen LogP contribution in [0.2, 0.25) is 0 Å². The molecular weight excluding hydrogens is 188 g/mol. The first kappa shape index (κ1) is 11.9. The minimum atomic E-state index is -0.671. The third-order valence-corrected chi connectivity index (χ3v) is 3.01. The number of ketones is 1. The second kappa shape index (κ2) is 4.58. The summed E-state index contributed by atoms with van der Waals surface area (Å²) in [6.45, 7) is 5.08. The lowest BCUT2D eigenvalue weighted by Gasteiger charge is -2.27. The molecule has 1 aromatic rings. The lowest BCUT2D eigenvalue weighted by atomic mass is 9.80. The van der Waals surface area contributed by atoms with Crippen LogP contribution in [0.5, 0.6) is 0 Å². The molecule has 2 nitrogen and oxygen atoms in total. The van der Waals surface area contributed by atoms with Crippen LogP contribution in [-0.4, -0.2) is 17.0 Å². The first-order valence-electron chi connectivity index (χ1n) is 5.17. The zero-order chi connectivity index (χ0) is 11.5. The molecular formula is C13H18O2. The standard InChI is InChI=1S/C13H18O2/c1-10(14)13(2,3)12(15)9-11-7-5-4-6-8-11/h4-8,12,15H,9H2,1-3H3. The number of aliphatic hydroxyl groups excluding tert-OH is 1. The first-order chi connectivity index (χ1) is 6.94. The molecule has 1 aromatic carbocycles. The van der Waals surface area contributed by atoms with Gasteiger partial charge in [0.2, 0.25) is 0 Å². The summed E-state index contributed by atoms with van der Waals surface area (Å²) in [5.74, 6) is 0.0194. The van der Waals surface area contributed by atoms with Gasteiger partial charge in [-0.1, -0.05) is 44.2 Å². The van der Waals surface area contributed by atoms with Gasteiger partial charge in [-0.05, 0) is 18.9 Å². The van der Waals surface area contributed by atoms with Crippen molar-refractivity contribution >= 4 is 5.78 Å². The molecule has 0 aliphatic rings. The Labute approximate surface area is 90.9 Å². The van der Waals surface area contributed by atoms with Crippen LogP contribution in [0.25, 0.3) is 0 Å². The van der Waals surface area contributed by atoms with Gasteiger partial charge in [-0.3, -0.25) is 4.79 Å². The highest BCUT2D eigenvalue weighted by molar-refractivity contribution is 5.82. The Hall–Kier alpha value is -1.15. The van der Waals surface area contributed by atoms with E-state index in [1.54, 1.807) is 13.8 Å². The fourth-order valence-corrected chi connectivity index (χ4v) is 1.33. The van der Waals surface area contributed by atoms with Gasteiger partial charge in [0, 0.05) is 5.41 Å². The fourth-order valence-electron chi connectivity index (χ4n) is 1.33. The molecule has 0 saturated heterocycles. The van der Waals surface area contributed by atoms with Crippen molar-refractivity contribution in [3.8, 4) is 0 Å². The first-order valence-corrected chi connectivity index (χ1v) is 5.17. The second-order valence-electron chi connectivity index (χ2n) is 4.48. The maximum atomic E-state index is 11.3. The van der Waals surface area contributed by atoms with Crippen molar-refractivity contribution in [3.63, 3.8) is 0 Å². The van der Waals surface area contributed by atoms with E-state index in [-0.39, 0.29) is 5.78 Å². The molecule has 0 aliphatic heterocycles. The quantitative estimate of drug-likeness (QED) is 0.820. The van der Waals surface area contributed by atoms with Gasteiger partial charge >= 0.3 is 0 Å². The average Bonchev–Trinajstić information content (AvgIpc) is 2.18. The minimum Gasteiger partial charge on any atom is -0.392 e. The second-order valence-corrected chi connectivity index (χ2v) is 4.48. The van der Waals surface area contributed by atoms with Gasteiger partial charge in [0.25, 0.3) is 0 Å². The van der Waals surface area contributed by atoms with Crippen molar-refractivity contribution in [1.82, 2.24) is 0 Å². The van der Waals surface area contributed by atoms with Crippen molar-refractivity contribution in [2.24, 2.45) is 5.41 Å². The van der Waals surface area contributed by atoms with Crippen molar-refractivity contribution < 1.29 is 9.90 Å². The molecule has 1 unspecified atom stereocenters.